The van der Waals surface area contributed by atoms with Crippen LogP contribution in [0, 0.1) is 6.92 Å². The van der Waals surface area contributed by atoms with Gasteiger partial charge in [0.15, 0.2) is 0 Å². The van der Waals surface area contributed by atoms with Gasteiger partial charge in [0.05, 0.1) is 18.0 Å². The average Bonchev–Trinajstić information content (AvgIpc) is 2.67. The Morgan fingerprint density at radius 3 is 2.84 bits per heavy atom. The summed E-state index contributed by atoms with van der Waals surface area (Å²) in [6.45, 7) is 2.05. The molecule has 1 atom stereocenters. The Morgan fingerprint density at radius 2 is 2.26 bits per heavy atom. The van der Waals surface area contributed by atoms with Crippen molar-refractivity contribution in [2.75, 3.05) is 17.9 Å². The van der Waals surface area contributed by atoms with Crippen molar-refractivity contribution in [1.82, 2.24) is 14.1 Å². The lowest BCUT2D eigenvalue weighted by Gasteiger charge is -2.33. The van der Waals surface area contributed by atoms with E-state index in [1.54, 1.807) is 24.9 Å². The smallest absolute Gasteiger partial charge is 0.302 e. The maximum atomic E-state index is 12.4. The Morgan fingerprint density at radius 1 is 1.53 bits per heavy atom. The quantitative estimate of drug-likeness (QED) is 0.830. The minimum atomic E-state index is -3.64. The van der Waals surface area contributed by atoms with Crippen LogP contribution >= 0.6 is 0 Å². The van der Waals surface area contributed by atoms with Gasteiger partial charge in [-0.2, -0.15) is 17.8 Å². The summed E-state index contributed by atoms with van der Waals surface area (Å²) in [6.07, 6.45) is 4.10. The van der Waals surface area contributed by atoms with Crippen molar-refractivity contribution in [2.45, 2.75) is 32.2 Å². The minimum Gasteiger partial charge on any atom is -0.395 e. The first kappa shape index (κ1) is 14.3. The maximum Gasteiger partial charge on any atom is 0.302 e. The number of nitrogens with one attached hydrogen (secondary N) is 1. The lowest BCUT2D eigenvalue weighted by Crippen LogP contribution is -2.47. The average molecular weight is 288 g/mol. The predicted molar refractivity (Wildman–Crippen MR) is 71.9 cm³/mol. The van der Waals surface area contributed by atoms with Gasteiger partial charge in [0.2, 0.25) is 0 Å². The molecule has 0 bridgehead atoms. The van der Waals surface area contributed by atoms with E-state index in [1.807, 2.05) is 0 Å². The predicted octanol–water partition coefficient (Wildman–Crippen LogP) is 0.232. The molecular formula is C11H20N4O3S. The highest BCUT2D eigenvalue weighted by molar-refractivity contribution is 7.90. The van der Waals surface area contributed by atoms with Crippen molar-refractivity contribution in [1.29, 1.82) is 0 Å². The normalized spacial score (nSPS) is 21.5. The van der Waals surface area contributed by atoms with Crippen LogP contribution in [-0.2, 0) is 17.3 Å². The molecule has 2 N–H and O–H groups in total. The molecular weight excluding hydrogens is 268 g/mol. The van der Waals surface area contributed by atoms with E-state index in [0.29, 0.717) is 24.3 Å². The number of aromatic nitrogens is 2. The fourth-order valence-corrected chi connectivity index (χ4v) is 3.90. The van der Waals surface area contributed by atoms with Crippen LogP contribution < -0.4 is 4.72 Å². The highest BCUT2D eigenvalue weighted by Crippen LogP contribution is 2.22. The van der Waals surface area contributed by atoms with Crippen LogP contribution in [0.5, 0.6) is 0 Å². The van der Waals surface area contributed by atoms with E-state index in [1.165, 1.54) is 4.31 Å². The van der Waals surface area contributed by atoms with E-state index in [4.69, 9.17) is 0 Å². The minimum absolute atomic E-state index is 0.146. The van der Waals surface area contributed by atoms with Gasteiger partial charge in [-0.15, -0.1) is 0 Å². The van der Waals surface area contributed by atoms with Crippen molar-refractivity contribution < 1.29 is 13.5 Å². The largest absolute Gasteiger partial charge is 0.395 e. The van der Waals surface area contributed by atoms with Gasteiger partial charge in [-0.05, 0) is 19.8 Å². The number of rotatable bonds is 4. The molecule has 1 aliphatic rings. The lowest BCUT2D eigenvalue weighted by molar-refractivity contribution is 0.156. The van der Waals surface area contributed by atoms with Crippen LogP contribution in [0.1, 0.15) is 25.0 Å². The van der Waals surface area contributed by atoms with E-state index in [2.05, 4.69) is 9.82 Å². The zero-order valence-corrected chi connectivity index (χ0v) is 12.0. The summed E-state index contributed by atoms with van der Waals surface area (Å²) in [5.74, 6) is 0. The molecule has 1 fully saturated rings. The molecule has 2 rings (SSSR count). The van der Waals surface area contributed by atoms with Crippen LogP contribution in [0.15, 0.2) is 6.20 Å². The summed E-state index contributed by atoms with van der Waals surface area (Å²) in [4.78, 5) is 0. The second-order valence-corrected chi connectivity index (χ2v) is 6.48. The van der Waals surface area contributed by atoms with E-state index in [9.17, 15) is 13.5 Å². The second kappa shape index (κ2) is 5.48. The zero-order valence-electron chi connectivity index (χ0n) is 11.2. The fraction of sp³-hybridized carbons (Fsp3) is 0.727. The topological polar surface area (TPSA) is 87.5 Å². The van der Waals surface area contributed by atoms with E-state index >= 15 is 0 Å². The maximum absolute atomic E-state index is 12.4. The van der Waals surface area contributed by atoms with Gasteiger partial charge in [-0.1, -0.05) is 6.42 Å². The Labute approximate surface area is 113 Å². The molecule has 7 nitrogen and oxygen atoms in total. The zero-order chi connectivity index (χ0) is 14.0. The van der Waals surface area contributed by atoms with Gasteiger partial charge in [-0.25, -0.2) is 0 Å². The molecule has 1 aliphatic heterocycles. The molecule has 0 amide bonds. The van der Waals surface area contributed by atoms with Crippen molar-refractivity contribution in [3.8, 4) is 0 Å². The van der Waals surface area contributed by atoms with E-state index < -0.39 is 10.2 Å². The fourth-order valence-electron chi connectivity index (χ4n) is 2.37. The summed E-state index contributed by atoms with van der Waals surface area (Å²) < 4.78 is 30.2. The standard InChI is InChI=1S/C11H20N4O3S/c1-9-11(7-14(2)12-9)13-19(17,18)15-6-4-3-5-10(15)8-16/h7,10,13,16H,3-6,8H2,1-2H3. The Kier molecular flexibility index (Phi) is 4.12. The Hall–Kier alpha value is -1.12. The summed E-state index contributed by atoms with van der Waals surface area (Å²) >= 11 is 0. The van der Waals surface area contributed by atoms with Crippen LogP contribution in [0.2, 0.25) is 0 Å². The molecule has 108 valence electrons. The number of nitrogens with zero attached hydrogens (tertiary/aromatic N) is 3. The number of anilines is 1. The first-order valence-electron chi connectivity index (χ1n) is 6.34. The molecule has 1 unspecified atom stereocenters. The van der Waals surface area contributed by atoms with Gasteiger partial charge in [0, 0.05) is 25.8 Å². The first-order chi connectivity index (χ1) is 8.94. The van der Waals surface area contributed by atoms with Crippen LogP contribution in [0.4, 0.5) is 5.69 Å². The van der Waals surface area contributed by atoms with Gasteiger partial charge in [-0.3, -0.25) is 9.40 Å². The first-order valence-corrected chi connectivity index (χ1v) is 7.78. The SMILES string of the molecule is Cc1nn(C)cc1NS(=O)(=O)N1CCCCC1CO. The van der Waals surface area contributed by atoms with Crippen molar-refractivity contribution in [3.63, 3.8) is 0 Å². The molecule has 1 aromatic rings. The Balaban J connectivity index is 2.19. The van der Waals surface area contributed by atoms with Gasteiger partial charge in [0.25, 0.3) is 0 Å². The highest BCUT2D eigenvalue weighted by Gasteiger charge is 2.32. The molecule has 0 spiro atoms. The number of aliphatic hydroxyl groups excluding tert-OH is 1. The molecule has 1 saturated heterocycles. The third-order valence-corrected chi connectivity index (χ3v) is 4.92. The third kappa shape index (κ3) is 3.07. The highest BCUT2D eigenvalue weighted by atomic mass is 32.2. The number of piperidine rings is 1. The summed E-state index contributed by atoms with van der Waals surface area (Å²) in [7, 11) is -1.90. The second-order valence-electron chi connectivity index (χ2n) is 4.85. The number of hydrogen-bond donors (Lipinski definition) is 2. The van der Waals surface area contributed by atoms with Crippen LogP contribution in [0.25, 0.3) is 0 Å². The summed E-state index contributed by atoms with van der Waals surface area (Å²) in [5, 5.41) is 13.4. The van der Waals surface area contributed by atoms with E-state index in [0.717, 1.165) is 12.8 Å². The molecule has 2 heterocycles. The van der Waals surface area contributed by atoms with Crippen molar-refractivity contribution in [3.05, 3.63) is 11.9 Å². The summed E-state index contributed by atoms with van der Waals surface area (Å²) in [5.41, 5.74) is 1.10. The molecule has 0 radical (unpaired) electrons. The van der Waals surface area contributed by atoms with E-state index in [-0.39, 0.29) is 12.6 Å². The lowest BCUT2D eigenvalue weighted by atomic mass is 10.1. The Bertz CT molecular complexity index is 540. The molecule has 0 saturated carbocycles. The van der Waals surface area contributed by atoms with Gasteiger partial charge in [0.1, 0.15) is 0 Å². The molecule has 8 heteroatoms. The number of aliphatic hydroxyl groups is 1. The molecule has 0 aromatic carbocycles. The number of hydrogen-bond acceptors (Lipinski definition) is 4. The van der Waals surface area contributed by atoms with Crippen LogP contribution in [-0.4, -0.2) is 46.8 Å². The van der Waals surface area contributed by atoms with Crippen molar-refractivity contribution >= 4 is 15.9 Å². The monoisotopic (exact) mass is 288 g/mol. The molecule has 0 aliphatic carbocycles. The third-order valence-electron chi connectivity index (χ3n) is 3.34. The van der Waals surface area contributed by atoms with Crippen LogP contribution in [0.3, 0.4) is 0 Å². The van der Waals surface area contributed by atoms with Gasteiger partial charge < -0.3 is 5.11 Å². The molecule has 1 aromatic heterocycles. The number of aryl methyl sites for hydroxylation is 2. The summed E-state index contributed by atoms with van der Waals surface area (Å²) in [6, 6.07) is -0.330. The van der Waals surface area contributed by atoms with Gasteiger partial charge >= 0.3 is 10.2 Å². The molecule has 19 heavy (non-hydrogen) atoms. The van der Waals surface area contributed by atoms with Crippen molar-refractivity contribution in [2.24, 2.45) is 7.05 Å².